The van der Waals surface area contributed by atoms with Crippen molar-refractivity contribution in [3.8, 4) is 5.75 Å². The molecule has 0 fully saturated rings. The van der Waals surface area contributed by atoms with E-state index in [1.165, 1.54) is 0 Å². The van der Waals surface area contributed by atoms with Gasteiger partial charge in [-0.2, -0.15) is 5.10 Å². The number of benzene rings is 1. The number of pyridine rings is 1. The summed E-state index contributed by atoms with van der Waals surface area (Å²) in [4.78, 5) is 3.99. The molecule has 1 atom stereocenters. The fourth-order valence-corrected chi connectivity index (χ4v) is 3.97. The Morgan fingerprint density at radius 3 is 2.71 bits per heavy atom. The first-order chi connectivity index (χ1) is 16.9. The molecule has 6 N–H and O–H groups in total. The van der Waals surface area contributed by atoms with Crippen molar-refractivity contribution >= 4 is 40.2 Å². The molecule has 8 nitrogen and oxygen atoms in total. The third kappa shape index (κ3) is 7.73. The number of halogens is 2. The number of nitrogens with one attached hydrogen (secondary N) is 2. The zero-order chi connectivity index (χ0) is 25.2. The van der Waals surface area contributed by atoms with Gasteiger partial charge in [-0.05, 0) is 56.4 Å². The fourth-order valence-electron chi connectivity index (χ4n) is 3.30. The van der Waals surface area contributed by atoms with Crippen LogP contribution in [0.2, 0.25) is 10.0 Å². The van der Waals surface area contributed by atoms with Crippen molar-refractivity contribution < 1.29 is 9.47 Å². The zero-order valence-electron chi connectivity index (χ0n) is 19.7. The molecule has 1 aromatic carbocycles. The van der Waals surface area contributed by atoms with Crippen LogP contribution in [0.25, 0.3) is 17.0 Å². The molecule has 0 radical (unpaired) electrons. The molecule has 0 bridgehead atoms. The summed E-state index contributed by atoms with van der Waals surface area (Å²) in [7, 11) is 0. The lowest BCUT2D eigenvalue weighted by Crippen LogP contribution is -2.24. The zero-order valence-corrected chi connectivity index (χ0v) is 21.2. The molecule has 0 saturated carbocycles. The van der Waals surface area contributed by atoms with E-state index in [0.717, 1.165) is 23.1 Å². The van der Waals surface area contributed by atoms with E-state index in [2.05, 4.69) is 20.5 Å². The molecule has 0 aliphatic heterocycles. The van der Waals surface area contributed by atoms with Crippen LogP contribution < -0.4 is 21.5 Å². The number of aromatic nitrogens is 3. The number of ether oxygens (including phenoxy) is 2. The van der Waals surface area contributed by atoms with Crippen LogP contribution in [-0.4, -0.2) is 41.5 Å². The molecule has 3 rings (SSSR count). The summed E-state index contributed by atoms with van der Waals surface area (Å²) in [5.74, 6) is 0.654. The molecule has 2 aromatic heterocycles. The third-order valence-corrected chi connectivity index (χ3v) is 5.66. The molecule has 0 spiro atoms. The number of aromatic amines is 1. The standard InChI is InChI=1S/C25H30Cl2N6O2/c1-3-34-11-10-30-13-18(29)5-4-17(28)6-8-23-20-12-19(7-9-24(20)33-32-23)35-16(2)25-21(26)14-31-15-22(25)27/h4-9,12,14-16,30H,3,10-11,13,28-29H2,1-2H3,(H,32,33)/b8-6+,17-4-,18-5-. The Labute approximate surface area is 215 Å². The molecule has 3 aromatic rings. The minimum Gasteiger partial charge on any atom is -0.486 e. The van der Waals surface area contributed by atoms with Gasteiger partial charge in [0.1, 0.15) is 11.9 Å². The molecule has 0 aliphatic carbocycles. The Bertz CT molecular complexity index is 1200. The van der Waals surface area contributed by atoms with Crippen LogP contribution in [0, 0.1) is 0 Å². The highest BCUT2D eigenvalue weighted by molar-refractivity contribution is 6.35. The molecule has 10 heteroatoms. The second kappa shape index (κ2) is 13.2. The van der Waals surface area contributed by atoms with E-state index in [4.69, 9.17) is 44.1 Å². The van der Waals surface area contributed by atoms with Crippen LogP contribution in [0.15, 0.2) is 60.2 Å². The maximum atomic E-state index is 6.26. The monoisotopic (exact) mass is 516 g/mol. The molecule has 0 saturated heterocycles. The highest BCUT2D eigenvalue weighted by Crippen LogP contribution is 2.33. The number of hydrogen-bond donors (Lipinski definition) is 4. The predicted molar refractivity (Wildman–Crippen MR) is 142 cm³/mol. The number of hydrogen-bond acceptors (Lipinski definition) is 7. The number of nitrogens with zero attached hydrogens (tertiary/aromatic N) is 2. The highest BCUT2D eigenvalue weighted by Gasteiger charge is 2.16. The second-order valence-corrected chi connectivity index (χ2v) is 8.52. The van der Waals surface area contributed by atoms with Gasteiger partial charge in [-0.25, -0.2) is 0 Å². The summed E-state index contributed by atoms with van der Waals surface area (Å²) in [6.07, 6.45) is 9.86. The van der Waals surface area contributed by atoms with Gasteiger partial charge in [-0.3, -0.25) is 10.1 Å². The first-order valence-corrected chi connectivity index (χ1v) is 12.0. The van der Waals surface area contributed by atoms with Crippen LogP contribution in [0.5, 0.6) is 5.75 Å². The summed E-state index contributed by atoms with van der Waals surface area (Å²) >= 11 is 12.5. The van der Waals surface area contributed by atoms with Crippen molar-refractivity contribution in [1.82, 2.24) is 20.5 Å². The largest absolute Gasteiger partial charge is 0.486 e. The van der Waals surface area contributed by atoms with E-state index in [0.29, 0.717) is 52.5 Å². The SMILES string of the molecule is CCOCCNC/C(N)=C/C=C(N)/C=C/c1n[nH]c2ccc(OC(C)c3c(Cl)cncc3Cl)cc12. The molecule has 1 unspecified atom stereocenters. The van der Waals surface area contributed by atoms with Gasteiger partial charge in [0.2, 0.25) is 0 Å². The van der Waals surface area contributed by atoms with Crippen molar-refractivity contribution in [3.63, 3.8) is 0 Å². The average Bonchev–Trinajstić information content (AvgIpc) is 3.23. The topological polar surface area (TPSA) is 124 Å². The summed E-state index contributed by atoms with van der Waals surface area (Å²) in [5, 5.41) is 12.4. The maximum absolute atomic E-state index is 6.26. The molecular weight excluding hydrogens is 487 g/mol. The van der Waals surface area contributed by atoms with Crippen molar-refractivity contribution in [1.29, 1.82) is 0 Å². The fraction of sp³-hybridized carbons (Fsp3) is 0.280. The summed E-state index contributed by atoms with van der Waals surface area (Å²) in [6.45, 7) is 6.49. The van der Waals surface area contributed by atoms with E-state index in [9.17, 15) is 0 Å². The van der Waals surface area contributed by atoms with Crippen LogP contribution in [0.4, 0.5) is 0 Å². The Balaban J connectivity index is 1.67. The van der Waals surface area contributed by atoms with E-state index in [1.54, 1.807) is 30.6 Å². The van der Waals surface area contributed by atoms with Crippen molar-refractivity contribution in [2.45, 2.75) is 20.0 Å². The first-order valence-electron chi connectivity index (χ1n) is 11.2. The summed E-state index contributed by atoms with van der Waals surface area (Å²) < 4.78 is 11.4. The normalized spacial score (nSPS) is 13.6. The number of allylic oxidation sites excluding steroid dienone is 3. The molecule has 0 amide bonds. The van der Waals surface area contributed by atoms with Crippen LogP contribution in [0.1, 0.15) is 31.2 Å². The van der Waals surface area contributed by atoms with Gasteiger partial charge in [-0.1, -0.05) is 23.2 Å². The third-order valence-electron chi connectivity index (χ3n) is 5.05. The lowest BCUT2D eigenvalue weighted by molar-refractivity contribution is 0.150. The van der Waals surface area contributed by atoms with Gasteiger partial charge in [0.15, 0.2) is 0 Å². The van der Waals surface area contributed by atoms with Gasteiger partial charge in [0, 0.05) is 54.4 Å². The minimum atomic E-state index is -0.370. The second-order valence-electron chi connectivity index (χ2n) is 7.71. The van der Waals surface area contributed by atoms with Crippen molar-refractivity contribution in [3.05, 3.63) is 81.5 Å². The van der Waals surface area contributed by atoms with E-state index in [1.807, 2.05) is 38.1 Å². The average molecular weight is 517 g/mol. The number of rotatable bonds is 12. The lowest BCUT2D eigenvalue weighted by Gasteiger charge is -2.17. The van der Waals surface area contributed by atoms with Crippen LogP contribution in [-0.2, 0) is 4.74 Å². The van der Waals surface area contributed by atoms with Crippen LogP contribution in [0.3, 0.4) is 0 Å². The molecular formula is C25H30Cl2N6O2. The van der Waals surface area contributed by atoms with E-state index >= 15 is 0 Å². The van der Waals surface area contributed by atoms with E-state index in [-0.39, 0.29) is 6.10 Å². The van der Waals surface area contributed by atoms with E-state index < -0.39 is 0 Å². The van der Waals surface area contributed by atoms with Gasteiger partial charge < -0.3 is 26.3 Å². The smallest absolute Gasteiger partial charge is 0.124 e. The Morgan fingerprint density at radius 1 is 1.20 bits per heavy atom. The van der Waals surface area contributed by atoms with Crippen molar-refractivity contribution in [2.75, 3.05) is 26.3 Å². The van der Waals surface area contributed by atoms with Crippen LogP contribution >= 0.6 is 23.2 Å². The first kappa shape index (κ1) is 26.6. The molecule has 2 heterocycles. The van der Waals surface area contributed by atoms with Gasteiger partial charge in [-0.15, -0.1) is 0 Å². The minimum absolute atomic E-state index is 0.370. The quantitative estimate of drug-likeness (QED) is 0.202. The number of fused-ring (bicyclic) bond motifs is 1. The molecule has 0 aliphatic rings. The van der Waals surface area contributed by atoms with Gasteiger partial charge in [0.25, 0.3) is 0 Å². The van der Waals surface area contributed by atoms with Gasteiger partial charge >= 0.3 is 0 Å². The molecule has 186 valence electrons. The molecule has 35 heavy (non-hydrogen) atoms. The predicted octanol–water partition coefficient (Wildman–Crippen LogP) is 4.73. The Kier molecular flexibility index (Phi) is 9.98. The summed E-state index contributed by atoms with van der Waals surface area (Å²) in [6, 6.07) is 5.67. The lowest BCUT2D eigenvalue weighted by atomic mass is 10.1. The number of nitrogens with two attached hydrogens (primary N) is 2. The number of H-pyrrole nitrogens is 1. The Morgan fingerprint density at radius 2 is 1.97 bits per heavy atom. The van der Waals surface area contributed by atoms with Gasteiger partial charge in [0.05, 0.1) is 27.9 Å². The highest BCUT2D eigenvalue weighted by atomic mass is 35.5. The Hall–Kier alpha value is -3.04. The summed E-state index contributed by atoms with van der Waals surface area (Å²) in [5.41, 5.74) is 15.6. The maximum Gasteiger partial charge on any atom is 0.124 e. The van der Waals surface area contributed by atoms with Crippen molar-refractivity contribution in [2.24, 2.45) is 11.5 Å².